The minimum absolute atomic E-state index is 0.106. The molecule has 0 radical (unpaired) electrons. The van der Waals surface area contributed by atoms with Crippen LogP contribution in [0.15, 0.2) is 24.3 Å². The molecule has 102 valence electrons. The van der Waals surface area contributed by atoms with Crippen molar-refractivity contribution in [3.63, 3.8) is 0 Å². The predicted molar refractivity (Wildman–Crippen MR) is 80.5 cm³/mol. The van der Waals surface area contributed by atoms with E-state index in [-0.39, 0.29) is 11.3 Å². The summed E-state index contributed by atoms with van der Waals surface area (Å²) in [5.41, 5.74) is 2.23. The second-order valence-corrected chi connectivity index (χ2v) is 6.76. The third-order valence-corrected chi connectivity index (χ3v) is 3.99. The molecule has 1 aromatic carbocycles. The number of nitrogens with zero attached hydrogens (tertiary/aromatic N) is 1. The lowest BCUT2D eigenvalue weighted by Crippen LogP contribution is -2.34. The molecule has 1 heterocycles. The first-order chi connectivity index (χ1) is 8.85. The van der Waals surface area contributed by atoms with Gasteiger partial charge < -0.3 is 10.4 Å². The Balaban J connectivity index is 2.19. The number of aryl methyl sites for hydroxylation is 1. The van der Waals surface area contributed by atoms with Gasteiger partial charge in [-0.3, -0.25) is 0 Å². The monoisotopic (exact) mass is 276 g/mol. The van der Waals surface area contributed by atoms with E-state index in [9.17, 15) is 5.11 Å². The lowest BCUT2D eigenvalue weighted by molar-refractivity contribution is 0.425. The summed E-state index contributed by atoms with van der Waals surface area (Å²) in [6.45, 7) is 9.35. The van der Waals surface area contributed by atoms with Crippen molar-refractivity contribution in [3.05, 3.63) is 34.8 Å². The number of aromatic nitrogens is 1. The minimum Gasteiger partial charge on any atom is -0.508 e. The highest BCUT2D eigenvalue weighted by Crippen LogP contribution is 2.29. The van der Waals surface area contributed by atoms with E-state index >= 15 is 0 Å². The topological polar surface area (TPSA) is 45.2 Å². The van der Waals surface area contributed by atoms with Gasteiger partial charge in [-0.25, -0.2) is 4.98 Å². The number of thiazole rings is 1. The zero-order chi connectivity index (χ0) is 14.0. The molecule has 2 N–H and O–H groups in total. The maximum absolute atomic E-state index is 9.31. The van der Waals surface area contributed by atoms with Crippen LogP contribution < -0.4 is 5.32 Å². The highest BCUT2D eigenvalue weighted by molar-refractivity contribution is 7.15. The molecule has 0 aliphatic carbocycles. The van der Waals surface area contributed by atoms with Gasteiger partial charge in [-0.2, -0.15) is 0 Å². The SMILES string of the molecule is Cc1nc(-c2ccc(O)cc2)sc1CNC(C)(C)C. The normalized spacial score (nSPS) is 11.8. The van der Waals surface area contributed by atoms with Crippen LogP contribution in [0.5, 0.6) is 5.75 Å². The van der Waals surface area contributed by atoms with Crippen molar-refractivity contribution in [1.29, 1.82) is 0 Å². The van der Waals surface area contributed by atoms with Crippen molar-refractivity contribution in [3.8, 4) is 16.3 Å². The van der Waals surface area contributed by atoms with E-state index in [0.29, 0.717) is 0 Å². The molecule has 4 heteroatoms. The minimum atomic E-state index is 0.106. The van der Waals surface area contributed by atoms with Gasteiger partial charge in [0.1, 0.15) is 10.8 Å². The van der Waals surface area contributed by atoms with Gasteiger partial charge in [0, 0.05) is 22.5 Å². The number of hydrogen-bond donors (Lipinski definition) is 2. The van der Waals surface area contributed by atoms with E-state index < -0.39 is 0 Å². The highest BCUT2D eigenvalue weighted by atomic mass is 32.1. The number of hydrogen-bond acceptors (Lipinski definition) is 4. The average molecular weight is 276 g/mol. The molecule has 2 aromatic rings. The molecule has 0 aliphatic rings. The van der Waals surface area contributed by atoms with Crippen molar-refractivity contribution < 1.29 is 5.11 Å². The van der Waals surface area contributed by atoms with Crippen molar-refractivity contribution >= 4 is 11.3 Å². The van der Waals surface area contributed by atoms with Crippen LogP contribution in [-0.4, -0.2) is 15.6 Å². The number of phenolic OH excluding ortho intramolecular Hbond substituents is 1. The quantitative estimate of drug-likeness (QED) is 0.898. The predicted octanol–water partition coefficient (Wildman–Crippen LogP) is 3.71. The van der Waals surface area contributed by atoms with E-state index in [0.717, 1.165) is 22.8 Å². The molecular weight excluding hydrogens is 256 g/mol. The van der Waals surface area contributed by atoms with Crippen LogP contribution in [0.4, 0.5) is 0 Å². The molecule has 0 bridgehead atoms. The van der Waals surface area contributed by atoms with E-state index in [2.05, 4.69) is 31.1 Å². The molecule has 3 nitrogen and oxygen atoms in total. The Hall–Kier alpha value is -1.39. The fourth-order valence-electron chi connectivity index (χ4n) is 1.66. The lowest BCUT2D eigenvalue weighted by atomic mass is 10.1. The number of benzene rings is 1. The van der Waals surface area contributed by atoms with Crippen LogP contribution in [0.3, 0.4) is 0 Å². The zero-order valence-electron chi connectivity index (χ0n) is 11.8. The molecule has 0 spiro atoms. The maximum Gasteiger partial charge on any atom is 0.123 e. The first-order valence-electron chi connectivity index (χ1n) is 6.36. The summed E-state index contributed by atoms with van der Waals surface area (Å²) in [4.78, 5) is 5.87. The summed E-state index contributed by atoms with van der Waals surface area (Å²) >= 11 is 1.70. The summed E-state index contributed by atoms with van der Waals surface area (Å²) in [5, 5.41) is 13.8. The molecule has 19 heavy (non-hydrogen) atoms. The maximum atomic E-state index is 9.31. The fraction of sp³-hybridized carbons (Fsp3) is 0.400. The van der Waals surface area contributed by atoms with Gasteiger partial charge >= 0.3 is 0 Å². The van der Waals surface area contributed by atoms with Gasteiger partial charge in [0.25, 0.3) is 0 Å². The third kappa shape index (κ3) is 3.78. The van der Waals surface area contributed by atoms with Gasteiger partial charge in [-0.05, 0) is 52.0 Å². The molecular formula is C15H20N2OS. The molecule has 0 saturated carbocycles. The first-order valence-corrected chi connectivity index (χ1v) is 7.17. The number of nitrogens with one attached hydrogen (secondary N) is 1. The fourth-order valence-corrected chi connectivity index (χ4v) is 2.67. The number of phenols is 1. The Morgan fingerprint density at radius 2 is 1.84 bits per heavy atom. The summed E-state index contributed by atoms with van der Waals surface area (Å²) < 4.78 is 0. The standard InChI is InChI=1S/C15H20N2OS/c1-10-13(9-16-15(2,3)4)19-14(17-10)11-5-7-12(18)8-6-11/h5-8,16,18H,9H2,1-4H3. The average Bonchev–Trinajstić information content (AvgIpc) is 2.68. The van der Waals surface area contributed by atoms with Crippen LogP contribution in [0, 0.1) is 6.92 Å². The van der Waals surface area contributed by atoms with Crippen LogP contribution in [0.1, 0.15) is 31.3 Å². The van der Waals surface area contributed by atoms with Gasteiger partial charge in [0.2, 0.25) is 0 Å². The molecule has 0 fully saturated rings. The Morgan fingerprint density at radius 3 is 2.42 bits per heavy atom. The lowest BCUT2D eigenvalue weighted by Gasteiger charge is -2.19. The van der Waals surface area contributed by atoms with Gasteiger partial charge in [-0.15, -0.1) is 11.3 Å². The van der Waals surface area contributed by atoms with E-state index in [1.165, 1.54) is 4.88 Å². The van der Waals surface area contributed by atoms with Crippen molar-refractivity contribution in [2.45, 2.75) is 39.8 Å². The van der Waals surface area contributed by atoms with Gasteiger partial charge in [0.05, 0.1) is 5.69 Å². The Bertz CT molecular complexity index is 553. The Kier molecular flexibility index (Phi) is 3.92. The molecule has 2 rings (SSSR count). The number of rotatable bonds is 3. The summed E-state index contributed by atoms with van der Waals surface area (Å²) in [6, 6.07) is 7.18. The van der Waals surface area contributed by atoms with Gasteiger partial charge in [-0.1, -0.05) is 0 Å². The molecule has 0 aliphatic heterocycles. The van der Waals surface area contributed by atoms with E-state index in [1.54, 1.807) is 23.5 Å². The largest absolute Gasteiger partial charge is 0.508 e. The Morgan fingerprint density at radius 1 is 1.21 bits per heavy atom. The zero-order valence-corrected chi connectivity index (χ0v) is 12.6. The Labute approximate surface area is 118 Å². The third-order valence-electron chi connectivity index (χ3n) is 2.79. The highest BCUT2D eigenvalue weighted by Gasteiger charge is 2.13. The summed E-state index contributed by atoms with van der Waals surface area (Å²) in [6.07, 6.45) is 0. The van der Waals surface area contributed by atoms with Crippen molar-refractivity contribution in [1.82, 2.24) is 10.3 Å². The first kappa shape index (κ1) is 14.0. The second-order valence-electron chi connectivity index (χ2n) is 5.68. The van der Waals surface area contributed by atoms with Crippen LogP contribution in [0.25, 0.3) is 10.6 Å². The molecule has 0 amide bonds. The van der Waals surface area contributed by atoms with Crippen LogP contribution in [0.2, 0.25) is 0 Å². The molecule has 1 aromatic heterocycles. The van der Waals surface area contributed by atoms with Gasteiger partial charge in [0.15, 0.2) is 0 Å². The van der Waals surface area contributed by atoms with Crippen molar-refractivity contribution in [2.24, 2.45) is 0 Å². The van der Waals surface area contributed by atoms with E-state index in [4.69, 9.17) is 0 Å². The van der Waals surface area contributed by atoms with Crippen LogP contribution in [-0.2, 0) is 6.54 Å². The molecule has 0 unspecified atom stereocenters. The second kappa shape index (κ2) is 5.31. The molecule has 0 saturated heterocycles. The summed E-state index contributed by atoms with van der Waals surface area (Å²) in [5.74, 6) is 0.284. The number of aromatic hydroxyl groups is 1. The van der Waals surface area contributed by atoms with E-state index in [1.807, 2.05) is 19.1 Å². The molecule has 0 atom stereocenters. The van der Waals surface area contributed by atoms with Crippen molar-refractivity contribution in [2.75, 3.05) is 0 Å². The smallest absolute Gasteiger partial charge is 0.123 e. The summed E-state index contributed by atoms with van der Waals surface area (Å²) in [7, 11) is 0. The van der Waals surface area contributed by atoms with Crippen LogP contribution >= 0.6 is 11.3 Å².